The molecule has 4 rings (SSSR count). The number of aromatic nitrogens is 1. The lowest BCUT2D eigenvalue weighted by atomic mass is 10.1. The van der Waals surface area contributed by atoms with Gasteiger partial charge in [-0.25, -0.2) is 13.6 Å². The number of piperazine rings is 1. The topological polar surface area (TPSA) is 74.6 Å². The van der Waals surface area contributed by atoms with E-state index in [-0.39, 0.29) is 33.7 Å². The van der Waals surface area contributed by atoms with Gasteiger partial charge in [0, 0.05) is 31.4 Å². The molecule has 2 fully saturated rings. The number of nitrogens with one attached hydrogen (secondary N) is 1. The Morgan fingerprint density at radius 2 is 2.15 bits per heavy atom. The number of carbonyl (C=O) groups is 1. The molecule has 1 spiro atoms. The van der Waals surface area contributed by atoms with Crippen molar-refractivity contribution < 1.29 is 18.7 Å². The Hall–Kier alpha value is -2.19. The summed E-state index contributed by atoms with van der Waals surface area (Å²) in [7, 11) is 0. The Kier molecular flexibility index (Phi) is 4.35. The Bertz CT molecular complexity index is 1000. The van der Waals surface area contributed by atoms with Crippen molar-refractivity contribution in [2.45, 2.75) is 24.9 Å². The molecule has 27 heavy (non-hydrogen) atoms. The average Bonchev–Trinajstić information content (AvgIpc) is 3.35. The molecule has 1 aromatic heterocycles. The molecule has 2 aromatic rings. The molecule has 1 aliphatic heterocycles. The van der Waals surface area contributed by atoms with Crippen molar-refractivity contribution in [2.75, 3.05) is 31.2 Å². The van der Waals surface area contributed by atoms with Crippen molar-refractivity contribution in [3.8, 4) is 0 Å². The molecular weight excluding hydrogens is 380 g/mol. The summed E-state index contributed by atoms with van der Waals surface area (Å²) < 4.78 is 29.3. The first-order chi connectivity index (χ1) is 12.9. The number of carboxylic acids is 1. The van der Waals surface area contributed by atoms with Crippen LogP contribution >= 0.6 is 11.6 Å². The van der Waals surface area contributed by atoms with Crippen molar-refractivity contribution in [1.82, 2.24) is 9.88 Å². The monoisotopic (exact) mass is 397 g/mol. The fourth-order valence-corrected chi connectivity index (χ4v) is 4.24. The summed E-state index contributed by atoms with van der Waals surface area (Å²) >= 11 is 6.51. The predicted molar refractivity (Wildman–Crippen MR) is 98.3 cm³/mol. The lowest BCUT2D eigenvalue weighted by Gasteiger charge is -2.36. The number of nitrogens with zero attached hydrogens (tertiary/aromatic N) is 2. The molecule has 2 aliphatic rings. The maximum absolute atomic E-state index is 15.0. The summed E-state index contributed by atoms with van der Waals surface area (Å²) in [5.74, 6) is -2.13. The highest BCUT2D eigenvalue weighted by Crippen LogP contribution is 2.42. The Balaban J connectivity index is 1.94. The minimum atomic E-state index is -1.45. The molecule has 1 saturated heterocycles. The Morgan fingerprint density at radius 1 is 1.41 bits per heavy atom. The summed E-state index contributed by atoms with van der Waals surface area (Å²) in [6.07, 6.45) is 3.08. The van der Waals surface area contributed by atoms with Crippen molar-refractivity contribution >= 4 is 34.2 Å². The quantitative estimate of drug-likeness (QED) is 0.828. The van der Waals surface area contributed by atoms with Gasteiger partial charge in [0.05, 0.1) is 28.2 Å². The zero-order valence-electron chi connectivity index (χ0n) is 14.4. The third-order valence-electron chi connectivity index (χ3n) is 5.33. The van der Waals surface area contributed by atoms with Crippen molar-refractivity contribution in [1.29, 1.82) is 0 Å². The largest absolute Gasteiger partial charge is 0.477 e. The molecule has 0 amide bonds. The third-order valence-corrected chi connectivity index (χ3v) is 5.69. The van der Waals surface area contributed by atoms with E-state index >= 15 is 0 Å². The average molecular weight is 398 g/mol. The molecule has 0 radical (unpaired) electrons. The highest BCUT2D eigenvalue weighted by molar-refractivity contribution is 6.38. The van der Waals surface area contributed by atoms with Crippen LogP contribution in [0.25, 0.3) is 10.9 Å². The van der Waals surface area contributed by atoms with Crippen molar-refractivity contribution in [3.05, 3.63) is 38.9 Å². The summed E-state index contributed by atoms with van der Waals surface area (Å²) in [5.41, 5.74) is -1.07. The van der Waals surface area contributed by atoms with Crippen LogP contribution in [0, 0.1) is 5.82 Å². The number of benzene rings is 1. The number of alkyl halides is 1. The highest BCUT2D eigenvalue weighted by Gasteiger charge is 2.46. The molecule has 0 unspecified atom stereocenters. The number of anilines is 1. The van der Waals surface area contributed by atoms with E-state index < -0.39 is 29.5 Å². The summed E-state index contributed by atoms with van der Waals surface area (Å²) in [5, 5.41) is 12.5. The van der Waals surface area contributed by atoms with Crippen LogP contribution in [0.1, 0.15) is 23.2 Å². The van der Waals surface area contributed by atoms with Gasteiger partial charge in [-0.3, -0.25) is 4.79 Å². The van der Waals surface area contributed by atoms with E-state index in [9.17, 15) is 23.5 Å². The van der Waals surface area contributed by atoms with Gasteiger partial charge in [-0.2, -0.15) is 0 Å². The molecule has 1 aliphatic carbocycles. The predicted octanol–water partition coefficient (Wildman–Crippen LogP) is 2.40. The van der Waals surface area contributed by atoms with Crippen LogP contribution in [-0.4, -0.2) is 47.5 Å². The van der Waals surface area contributed by atoms with Gasteiger partial charge in [-0.15, -0.1) is 0 Å². The van der Waals surface area contributed by atoms with E-state index in [0.717, 1.165) is 25.1 Å². The molecule has 6 nitrogen and oxygen atoms in total. The van der Waals surface area contributed by atoms with Gasteiger partial charge in [0.1, 0.15) is 18.1 Å². The van der Waals surface area contributed by atoms with Gasteiger partial charge in [0.15, 0.2) is 0 Å². The summed E-state index contributed by atoms with van der Waals surface area (Å²) in [6.45, 7) is 0.855. The molecule has 9 heteroatoms. The van der Waals surface area contributed by atoms with E-state index in [1.54, 1.807) is 0 Å². The summed E-state index contributed by atoms with van der Waals surface area (Å²) in [4.78, 5) is 25.7. The first-order valence-corrected chi connectivity index (χ1v) is 9.09. The van der Waals surface area contributed by atoms with Crippen LogP contribution in [0.2, 0.25) is 5.02 Å². The van der Waals surface area contributed by atoms with Crippen LogP contribution in [0.15, 0.2) is 17.1 Å². The van der Waals surface area contributed by atoms with E-state index in [2.05, 4.69) is 5.32 Å². The maximum Gasteiger partial charge on any atom is 0.341 e. The number of hydrogen-bond donors (Lipinski definition) is 2. The zero-order valence-corrected chi connectivity index (χ0v) is 15.2. The first-order valence-electron chi connectivity index (χ1n) is 8.71. The van der Waals surface area contributed by atoms with Gasteiger partial charge >= 0.3 is 5.97 Å². The molecule has 0 atom stereocenters. The second kappa shape index (κ2) is 6.45. The molecule has 2 heterocycles. The van der Waals surface area contributed by atoms with Gasteiger partial charge in [0.2, 0.25) is 5.43 Å². The molecule has 1 saturated carbocycles. The highest BCUT2D eigenvalue weighted by atomic mass is 35.5. The Labute approximate surface area is 158 Å². The van der Waals surface area contributed by atoms with Gasteiger partial charge in [-0.1, -0.05) is 11.6 Å². The van der Waals surface area contributed by atoms with Gasteiger partial charge in [-0.05, 0) is 18.9 Å². The fourth-order valence-electron chi connectivity index (χ4n) is 3.82. The standard InChI is InChI=1S/C18H18ClF2N3O3/c19-13-14-10(16(25)11(17(26)27)8-23(14)5-3-20)7-12(21)15(13)24-6-4-22-18(9-24)1-2-18/h7-8,22H,1-6,9H2,(H,26,27). The lowest BCUT2D eigenvalue weighted by Crippen LogP contribution is -2.52. The van der Waals surface area contributed by atoms with Crippen molar-refractivity contribution in [2.24, 2.45) is 0 Å². The molecular formula is C18H18ClF2N3O3. The van der Waals surface area contributed by atoms with Crippen LogP contribution in [0.4, 0.5) is 14.5 Å². The second-order valence-electron chi connectivity index (χ2n) is 7.11. The van der Waals surface area contributed by atoms with E-state index in [1.165, 1.54) is 4.57 Å². The lowest BCUT2D eigenvalue weighted by molar-refractivity contribution is 0.0694. The van der Waals surface area contributed by atoms with Crippen molar-refractivity contribution in [3.63, 3.8) is 0 Å². The number of carboxylic acid groups (broad SMARTS) is 1. The molecule has 1 aromatic carbocycles. The van der Waals surface area contributed by atoms with E-state index in [1.807, 2.05) is 4.90 Å². The van der Waals surface area contributed by atoms with Crippen LogP contribution in [0.5, 0.6) is 0 Å². The van der Waals surface area contributed by atoms with E-state index in [0.29, 0.717) is 19.6 Å². The Morgan fingerprint density at radius 3 is 2.78 bits per heavy atom. The van der Waals surface area contributed by atoms with E-state index in [4.69, 9.17) is 11.6 Å². The number of pyridine rings is 1. The molecule has 144 valence electrons. The van der Waals surface area contributed by atoms with Crippen LogP contribution in [0.3, 0.4) is 0 Å². The number of hydrogen-bond acceptors (Lipinski definition) is 4. The molecule has 0 bridgehead atoms. The van der Waals surface area contributed by atoms with Crippen LogP contribution < -0.4 is 15.6 Å². The zero-order chi connectivity index (χ0) is 19.3. The SMILES string of the molecule is O=C(O)c1cn(CCF)c2c(Cl)c(N3CCNC4(CC4)C3)c(F)cc2c1=O. The summed E-state index contributed by atoms with van der Waals surface area (Å²) in [6, 6.07) is 1.02. The number of rotatable bonds is 4. The maximum atomic E-state index is 15.0. The third kappa shape index (κ3) is 2.96. The second-order valence-corrected chi connectivity index (χ2v) is 7.48. The number of aromatic carboxylic acids is 1. The minimum absolute atomic E-state index is 0.00480. The van der Waals surface area contributed by atoms with Crippen LogP contribution in [-0.2, 0) is 6.54 Å². The smallest absolute Gasteiger partial charge is 0.341 e. The normalized spacial score (nSPS) is 18.3. The first kappa shape index (κ1) is 18.2. The number of fused-ring (bicyclic) bond motifs is 1. The van der Waals surface area contributed by atoms with Gasteiger partial charge in [0.25, 0.3) is 0 Å². The number of halogens is 3. The fraction of sp³-hybridized carbons (Fsp3) is 0.444. The number of aryl methyl sites for hydroxylation is 1. The molecule has 2 N–H and O–H groups in total. The van der Waals surface area contributed by atoms with Gasteiger partial charge < -0.3 is 19.9 Å². The minimum Gasteiger partial charge on any atom is -0.477 e.